The second-order valence-electron chi connectivity index (χ2n) is 9.89. The molecule has 2 N–H and O–H groups in total. The Morgan fingerprint density at radius 2 is 1.92 bits per heavy atom. The number of hydrogen-bond acceptors (Lipinski definition) is 9. The number of benzene rings is 2. The van der Waals surface area contributed by atoms with E-state index in [0.717, 1.165) is 43.7 Å². The zero-order valence-corrected chi connectivity index (χ0v) is 24.4. The molecule has 1 saturated heterocycles. The normalized spacial score (nSPS) is 13.4. The molecule has 0 spiro atoms. The van der Waals surface area contributed by atoms with Crippen LogP contribution in [0.4, 0.5) is 16.2 Å². The van der Waals surface area contributed by atoms with E-state index in [4.69, 9.17) is 4.74 Å². The van der Waals surface area contributed by atoms with Gasteiger partial charge in [-0.25, -0.2) is 9.78 Å². The van der Waals surface area contributed by atoms with Crippen LogP contribution in [0.3, 0.4) is 0 Å². The van der Waals surface area contributed by atoms with Crippen molar-refractivity contribution in [2.45, 2.75) is 57.6 Å². The summed E-state index contributed by atoms with van der Waals surface area (Å²) in [4.78, 5) is 30.2. The molecule has 38 heavy (non-hydrogen) atoms. The fourth-order valence-corrected chi connectivity index (χ4v) is 5.29. The van der Waals surface area contributed by atoms with Gasteiger partial charge in [0, 0.05) is 52.7 Å². The molecule has 3 aromatic rings. The van der Waals surface area contributed by atoms with Gasteiger partial charge in [0.25, 0.3) is 6.47 Å². The summed E-state index contributed by atoms with van der Waals surface area (Å²) >= 11 is 3.24. The van der Waals surface area contributed by atoms with Crippen molar-refractivity contribution in [2.24, 2.45) is 0 Å². The first kappa shape index (κ1) is 29.5. The van der Waals surface area contributed by atoms with Crippen LogP contribution >= 0.6 is 23.3 Å². The molecule has 1 amide bonds. The number of cyclic esters (lactones) is 1. The Kier molecular flexibility index (Phi) is 10.6. The molecule has 0 atom stereocenters. The number of amides is 1. The first-order valence-electron chi connectivity index (χ1n) is 12.5. The number of carbonyl (C=O) groups excluding carboxylic acids is 2. The number of nitrogens with one attached hydrogen (secondary N) is 2. The van der Waals surface area contributed by atoms with Crippen molar-refractivity contribution < 1.29 is 19.1 Å². The summed E-state index contributed by atoms with van der Waals surface area (Å²) in [6.07, 6.45) is 2.51. The van der Waals surface area contributed by atoms with Crippen LogP contribution < -0.4 is 14.9 Å². The van der Waals surface area contributed by atoms with Crippen molar-refractivity contribution in [3.63, 3.8) is 0 Å². The van der Waals surface area contributed by atoms with Crippen molar-refractivity contribution in [3.05, 3.63) is 48.7 Å². The molecule has 0 aliphatic carbocycles. The van der Waals surface area contributed by atoms with Gasteiger partial charge < -0.3 is 14.8 Å². The predicted molar refractivity (Wildman–Crippen MR) is 157 cm³/mol. The minimum Gasteiger partial charge on any atom is -0.465 e. The van der Waals surface area contributed by atoms with E-state index in [1.54, 1.807) is 42.0 Å². The average Bonchev–Trinajstić information content (AvgIpc) is 3.38. The quantitative estimate of drug-likeness (QED) is 0.230. The average molecular weight is 557 g/mol. The van der Waals surface area contributed by atoms with Crippen LogP contribution in [0.5, 0.6) is 0 Å². The Morgan fingerprint density at radius 3 is 2.50 bits per heavy atom. The molecule has 2 heterocycles. The van der Waals surface area contributed by atoms with Gasteiger partial charge in [0.2, 0.25) is 0 Å². The van der Waals surface area contributed by atoms with Gasteiger partial charge in [-0.3, -0.25) is 14.4 Å². The number of ether oxygens (including phenoxy) is 2. The van der Waals surface area contributed by atoms with Crippen LogP contribution in [0.1, 0.15) is 41.0 Å². The molecule has 8 nitrogen and oxygen atoms in total. The lowest BCUT2D eigenvalue weighted by Crippen LogP contribution is -2.37. The maximum atomic E-state index is 12.3. The molecule has 1 aromatic heterocycles. The highest BCUT2D eigenvalue weighted by Crippen LogP contribution is 2.39. The number of carbonyl (C=O) groups is 2. The molecule has 2 aromatic carbocycles. The van der Waals surface area contributed by atoms with Gasteiger partial charge in [-0.2, -0.15) is 0 Å². The molecule has 0 radical (unpaired) electrons. The third-order valence-corrected chi connectivity index (χ3v) is 7.59. The van der Waals surface area contributed by atoms with E-state index in [9.17, 15) is 9.59 Å². The molecule has 10 heteroatoms. The molecule has 1 fully saturated rings. The minimum atomic E-state index is -0.283. The van der Waals surface area contributed by atoms with Crippen molar-refractivity contribution in [1.29, 1.82) is 0 Å². The van der Waals surface area contributed by atoms with E-state index in [-0.39, 0.29) is 17.7 Å². The highest BCUT2D eigenvalue weighted by atomic mass is 32.2. The van der Waals surface area contributed by atoms with Gasteiger partial charge in [0.1, 0.15) is 5.01 Å². The first-order valence-corrected chi connectivity index (χ1v) is 14.1. The van der Waals surface area contributed by atoms with Crippen molar-refractivity contribution in [2.75, 3.05) is 30.4 Å². The molecule has 0 bridgehead atoms. The molecule has 1 aliphatic heterocycles. The molecule has 0 unspecified atom stereocenters. The molecule has 1 aliphatic rings. The van der Waals surface area contributed by atoms with E-state index in [1.165, 1.54) is 0 Å². The second kappa shape index (κ2) is 13.6. The SMILES string of the molecule is CC(C)OC=O.CNc1ccc(-c2ncc(-c3ccc(N4CCCOC4=O)cc3SNC(C)(C)C)s2)cc1. The number of rotatable bonds is 8. The molecule has 204 valence electrons. The number of anilines is 2. The summed E-state index contributed by atoms with van der Waals surface area (Å²) in [6, 6.07) is 14.4. The summed E-state index contributed by atoms with van der Waals surface area (Å²) in [7, 11) is 1.91. The number of hydrogen-bond donors (Lipinski definition) is 2. The maximum Gasteiger partial charge on any atom is 0.414 e. The van der Waals surface area contributed by atoms with Gasteiger partial charge in [-0.05, 0) is 89.4 Å². The summed E-state index contributed by atoms with van der Waals surface area (Å²) in [5.74, 6) is 0. The topological polar surface area (TPSA) is 92.8 Å². The molecular weight excluding hydrogens is 520 g/mol. The smallest absolute Gasteiger partial charge is 0.414 e. The predicted octanol–water partition coefficient (Wildman–Crippen LogP) is 6.83. The van der Waals surface area contributed by atoms with Crippen LogP contribution in [0.2, 0.25) is 0 Å². The fourth-order valence-electron chi connectivity index (χ4n) is 3.38. The molecule has 4 rings (SSSR count). The number of thiazole rings is 1. The number of nitrogens with zero attached hydrogens (tertiary/aromatic N) is 2. The molecule has 0 saturated carbocycles. The Bertz CT molecular complexity index is 1210. The molecular formula is C28H36N4O4S2. The fraction of sp³-hybridized carbons (Fsp3) is 0.393. The van der Waals surface area contributed by atoms with Crippen molar-refractivity contribution in [3.8, 4) is 21.0 Å². The van der Waals surface area contributed by atoms with E-state index in [2.05, 4.69) is 76.9 Å². The van der Waals surface area contributed by atoms with Gasteiger partial charge in [-0.1, -0.05) is 6.07 Å². The van der Waals surface area contributed by atoms with Crippen LogP contribution in [-0.4, -0.2) is 49.4 Å². The van der Waals surface area contributed by atoms with Crippen LogP contribution in [0, 0.1) is 0 Å². The minimum absolute atomic E-state index is 0.0301. The van der Waals surface area contributed by atoms with Crippen LogP contribution in [0.25, 0.3) is 21.0 Å². The van der Waals surface area contributed by atoms with E-state index >= 15 is 0 Å². The third kappa shape index (κ3) is 8.47. The summed E-state index contributed by atoms with van der Waals surface area (Å²) in [6.45, 7) is 11.6. The lowest BCUT2D eigenvalue weighted by atomic mass is 10.1. The van der Waals surface area contributed by atoms with Gasteiger partial charge in [0.05, 0.1) is 17.6 Å². The lowest BCUT2D eigenvalue weighted by Gasteiger charge is -2.27. The third-order valence-electron chi connectivity index (χ3n) is 5.24. The Balaban J connectivity index is 0.000000599. The number of aromatic nitrogens is 1. The lowest BCUT2D eigenvalue weighted by molar-refractivity contribution is -0.131. The van der Waals surface area contributed by atoms with E-state index in [1.807, 2.05) is 19.3 Å². The largest absolute Gasteiger partial charge is 0.465 e. The summed E-state index contributed by atoms with van der Waals surface area (Å²) < 4.78 is 13.1. The Hall–Kier alpha value is -3.08. The zero-order chi connectivity index (χ0) is 27.7. The highest BCUT2D eigenvalue weighted by molar-refractivity contribution is 7.97. The second-order valence-corrected chi connectivity index (χ2v) is 11.8. The van der Waals surface area contributed by atoms with Crippen LogP contribution in [-0.2, 0) is 14.3 Å². The Morgan fingerprint density at radius 1 is 1.18 bits per heavy atom. The van der Waals surface area contributed by atoms with E-state index < -0.39 is 0 Å². The summed E-state index contributed by atoms with van der Waals surface area (Å²) in [5, 5.41) is 4.12. The first-order chi connectivity index (χ1) is 18.1. The Labute approximate surface area is 233 Å². The van der Waals surface area contributed by atoms with Crippen molar-refractivity contribution in [1.82, 2.24) is 9.71 Å². The van der Waals surface area contributed by atoms with E-state index in [0.29, 0.717) is 19.6 Å². The maximum absolute atomic E-state index is 12.3. The van der Waals surface area contributed by atoms with Gasteiger partial charge in [0.15, 0.2) is 0 Å². The van der Waals surface area contributed by atoms with Gasteiger partial charge in [-0.15, -0.1) is 11.3 Å². The van der Waals surface area contributed by atoms with Crippen LogP contribution in [0.15, 0.2) is 53.6 Å². The monoisotopic (exact) mass is 556 g/mol. The highest BCUT2D eigenvalue weighted by Gasteiger charge is 2.23. The van der Waals surface area contributed by atoms with Crippen molar-refractivity contribution >= 4 is 47.2 Å². The van der Waals surface area contributed by atoms with Gasteiger partial charge >= 0.3 is 6.09 Å². The summed E-state index contributed by atoms with van der Waals surface area (Å²) in [5.41, 5.74) is 4.05. The standard InChI is InChI=1S/C24H28N4O2S2.C4H8O2/c1-24(2,3)27-32-20-14-18(28-12-5-13-30-23(28)29)10-11-19(20)21-15-26-22(31-21)16-6-8-17(25-4)9-7-16;1-4(2)6-3-5/h6-11,14-15,25,27H,5,12-13H2,1-4H3;3-4H,1-2H3. The zero-order valence-electron chi connectivity index (χ0n) is 22.7.